The number of nitrogens with two attached hydrogens (primary N) is 1. The molecule has 0 fully saturated rings. The van der Waals surface area contributed by atoms with Gasteiger partial charge in [0, 0.05) is 6.07 Å². The Morgan fingerprint density at radius 1 is 1.36 bits per heavy atom. The van der Waals surface area contributed by atoms with Crippen LogP contribution < -0.4 is 10.5 Å². The molecular weight excluding hydrogens is 221 g/mol. The molecule has 1 atom stereocenters. The molecule has 1 rings (SSSR count). The van der Waals surface area contributed by atoms with Crippen LogP contribution in [0.3, 0.4) is 0 Å². The first-order chi connectivity index (χ1) is 6.54. The molecule has 0 heterocycles. The van der Waals surface area contributed by atoms with Crippen LogP contribution in [-0.2, 0) is 0 Å². The largest absolute Gasteiger partial charge is 0.489 e. The van der Waals surface area contributed by atoms with Crippen molar-refractivity contribution in [2.45, 2.75) is 26.4 Å². The lowest BCUT2D eigenvalue weighted by molar-refractivity contribution is 0.218. The minimum atomic E-state index is 0.119. The Bertz CT molecular complexity index is 328. The minimum absolute atomic E-state index is 0.119. The molecule has 0 saturated heterocycles. The van der Waals surface area contributed by atoms with E-state index in [2.05, 4.69) is 0 Å². The van der Waals surface area contributed by atoms with Crippen molar-refractivity contribution >= 4 is 28.9 Å². The third-order valence-electron chi connectivity index (χ3n) is 1.95. The van der Waals surface area contributed by atoms with E-state index in [0.717, 1.165) is 6.42 Å². The smallest absolute Gasteiger partial charge is 0.140 e. The predicted octanol–water partition coefficient (Wildman–Crippen LogP) is 3.75. The number of benzene rings is 1. The second-order valence-corrected chi connectivity index (χ2v) is 3.96. The highest BCUT2D eigenvalue weighted by Gasteiger charge is 2.08. The van der Waals surface area contributed by atoms with Gasteiger partial charge >= 0.3 is 0 Å². The van der Waals surface area contributed by atoms with Crippen molar-refractivity contribution in [3.63, 3.8) is 0 Å². The number of halogens is 2. The molecule has 0 aromatic heterocycles. The van der Waals surface area contributed by atoms with Crippen molar-refractivity contribution < 1.29 is 4.74 Å². The highest BCUT2D eigenvalue weighted by molar-refractivity contribution is 6.37. The molecule has 1 aromatic carbocycles. The molecule has 2 N–H and O–H groups in total. The standard InChI is InChI=1S/C10H13Cl2NO/c1-3-6(2)14-10-5-9(13)7(11)4-8(10)12/h4-6H,3,13H2,1-2H3. The van der Waals surface area contributed by atoms with E-state index in [0.29, 0.717) is 21.5 Å². The molecule has 4 heteroatoms. The average Bonchev–Trinajstić information content (AvgIpc) is 2.14. The summed E-state index contributed by atoms with van der Waals surface area (Å²) in [5, 5.41) is 0.941. The van der Waals surface area contributed by atoms with Crippen LogP contribution in [0.4, 0.5) is 5.69 Å². The first-order valence-corrected chi connectivity index (χ1v) is 5.21. The second-order valence-electron chi connectivity index (χ2n) is 3.14. The van der Waals surface area contributed by atoms with Crippen molar-refractivity contribution in [2.24, 2.45) is 0 Å². The van der Waals surface area contributed by atoms with Gasteiger partial charge in [0.1, 0.15) is 5.75 Å². The Morgan fingerprint density at radius 3 is 2.57 bits per heavy atom. The maximum atomic E-state index is 5.94. The van der Waals surface area contributed by atoms with E-state index in [9.17, 15) is 0 Å². The zero-order valence-electron chi connectivity index (χ0n) is 8.18. The van der Waals surface area contributed by atoms with Crippen LogP contribution in [0.1, 0.15) is 20.3 Å². The molecule has 0 amide bonds. The number of nitrogen functional groups attached to an aromatic ring is 1. The Kier molecular flexibility index (Phi) is 3.90. The van der Waals surface area contributed by atoms with Gasteiger partial charge in [0.05, 0.1) is 21.8 Å². The third kappa shape index (κ3) is 2.69. The molecule has 0 aliphatic heterocycles. The molecule has 0 bridgehead atoms. The summed E-state index contributed by atoms with van der Waals surface area (Å²) in [6, 6.07) is 3.24. The molecule has 0 aliphatic rings. The summed E-state index contributed by atoms with van der Waals surface area (Å²) in [5.41, 5.74) is 6.12. The SMILES string of the molecule is CCC(C)Oc1cc(N)c(Cl)cc1Cl. The Labute approximate surface area is 94.0 Å². The highest BCUT2D eigenvalue weighted by Crippen LogP contribution is 2.33. The van der Waals surface area contributed by atoms with Gasteiger partial charge in [0.2, 0.25) is 0 Å². The van der Waals surface area contributed by atoms with E-state index in [1.165, 1.54) is 0 Å². The summed E-state index contributed by atoms with van der Waals surface area (Å²) in [4.78, 5) is 0. The fourth-order valence-corrected chi connectivity index (χ4v) is 1.36. The maximum Gasteiger partial charge on any atom is 0.140 e. The average molecular weight is 234 g/mol. The summed E-state index contributed by atoms with van der Waals surface area (Å²) in [6.07, 6.45) is 1.03. The zero-order valence-corrected chi connectivity index (χ0v) is 9.69. The lowest BCUT2D eigenvalue weighted by Crippen LogP contribution is -2.10. The zero-order chi connectivity index (χ0) is 10.7. The van der Waals surface area contributed by atoms with Crippen LogP contribution in [0.15, 0.2) is 12.1 Å². The lowest BCUT2D eigenvalue weighted by Gasteiger charge is -2.14. The molecule has 0 aliphatic carbocycles. The van der Waals surface area contributed by atoms with Gasteiger partial charge in [0.25, 0.3) is 0 Å². The lowest BCUT2D eigenvalue weighted by atomic mass is 10.3. The van der Waals surface area contributed by atoms with Gasteiger partial charge in [0.15, 0.2) is 0 Å². The summed E-state index contributed by atoms with van der Waals surface area (Å²) < 4.78 is 5.56. The van der Waals surface area contributed by atoms with E-state index >= 15 is 0 Å². The van der Waals surface area contributed by atoms with E-state index in [1.807, 2.05) is 13.8 Å². The topological polar surface area (TPSA) is 35.2 Å². The minimum Gasteiger partial charge on any atom is -0.489 e. The van der Waals surface area contributed by atoms with Crippen LogP contribution in [0.5, 0.6) is 5.75 Å². The van der Waals surface area contributed by atoms with Crippen molar-refractivity contribution in [3.8, 4) is 5.75 Å². The van der Waals surface area contributed by atoms with Crippen molar-refractivity contribution in [1.29, 1.82) is 0 Å². The number of rotatable bonds is 3. The second kappa shape index (κ2) is 4.76. The number of hydrogen-bond acceptors (Lipinski definition) is 2. The van der Waals surface area contributed by atoms with Crippen LogP contribution in [-0.4, -0.2) is 6.10 Å². The molecule has 1 unspecified atom stereocenters. The van der Waals surface area contributed by atoms with Crippen molar-refractivity contribution in [2.75, 3.05) is 5.73 Å². The van der Waals surface area contributed by atoms with Gasteiger partial charge in [-0.3, -0.25) is 0 Å². The monoisotopic (exact) mass is 233 g/mol. The molecule has 2 nitrogen and oxygen atoms in total. The summed E-state index contributed by atoms with van der Waals surface area (Å²) in [7, 11) is 0. The molecule has 78 valence electrons. The molecule has 0 spiro atoms. The molecule has 0 radical (unpaired) electrons. The van der Waals surface area contributed by atoms with Crippen molar-refractivity contribution in [3.05, 3.63) is 22.2 Å². The quantitative estimate of drug-likeness (QED) is 0.808. The molecular formula is C10H13Cl2NO. The van der Waals surface area contributed by atoms with E-state index in [-0.39, 0.29) is 6.10 Å². The number of ether oxygens (including phenoxy) is 1. The van der Waals surface area contributed by atoms with Gasteiger partial charge in [-0.05, 0) is 19.4 Å². The van der Waals surface area contributed by atoms with Crippen LogP contribution >= 0.6 is 23.2 Å². The first kappa shape index (κ1) is 11.5. The van der Waals surface area contributed by atoms with Gasteiger partial charge < -0.3 is 10.5 Å². The Hall–Kier alpha value is -0.600. The third-order valence-corrected chi connectivity index (χ3v) is 2.58. The van der Waals surface area contributed by atoms with Crippen molar-refractivity contribution in [1.82, 2.24) is 0 Å². The number of anilines is 1. The molecule has 1 aromatic rings. The van der Waals surface area contributed by atoms with E-state index < -0.39 is 0 Å². The number of hydrogen-bond donors (Lipinski definition) is 1. The Balaban J connectivity index is 2.92. The summed E-state index contributed by atoms with van der Waals surface area (Å²) in [5.74, 6) is 0.586. The highest BCUT2D eigenvalue weighted by atomic mass is 35.5. The molecule has 14 heavy (non-hydrogen) atoms. The van der Waals surface area contributed by atoms with Crippen LogP contribution in [0, 0.1) is 0 Å². The normalized spacial score (nSPS) is 12.6. The molecule has 0 saturated carbocycles. The fourth-order valence-electron chi connectivity index (χ4n) is 0.935. The fraction of sp³-hybridized carbons (Fsp3) is 0.400. The summed E-state index contributed by atoms with van der Waals surface area (Å²) >= 11 is 11.7. The predicted molar refractivity (Wildman–Crippen MR) is 61.3 cm³/mol. The van der Waals surface area contributed by atoms with Gasteiger partial charge in [-0.1, -0.05) is 30.1 Å². The van der Waals surface area contributed by atoms with Gasteiger partial charge in [-0.2, -0.15) is 0 Å². The van der Waals surface area contributed by atoms with E-state index in [1.54, 1.807) is 12.1 Å². The first-order valence-electron chi connectivity index (χ1n) is 4.45. The van der Waals surface area contributed by atoms with Crippen LogP contribution in [0.25, 0.3) is 0 Å². The van der Waals surface area contributed by atoms with Gasteiger partial charge in [-0.15, -0.1) is 0 Å². The maximum absolute atomic E-state index is 5.94. The van der Waals surface area contributed by atoms with Crippen LogP contribution in [0.2, 0.25) is 10.0 Å². The van der Waals surface area contributed by atoms with Gasteiger partial charge in [-0.25, -0.2) is 0 Å². The Morgan fingerprint density at radius 2 is 2.00 bits per heavy atom. The summed E-state index contributed by atoms with van der Waals surface area (Å²) in [6.45, 7) is 4.01. The van der Waals surface area contributed by atoms with E-state index in [4.69, 9.17) is 33.7 Å².